The number of rotatable bonds is 4. The van der Waals surface area contributed by atoms with E-state index in [0.717, 1.165) is 53.9 Å². The molecule has 1 N–H and O–H groups in total. The summed E-state index contributed by atoms with van der Waals surface area (Å²) in [6.07, 6.45) is 0.0729. The molecule has 1 aromatic heterocycles. The number of hydrogen-bond donors (Lipinski definition) is 1. The van der Waals surface area contributed by atoms with Gasteiger partial charge in [-0.25, -0.2) is 4.98 Å². The molecule has 3 heterocycles. The molecule has 2 atom stereocenters. The van der Waals surface area contributed by atoms with E-state index in [9.17, 15) is 4.79 Å². The van der Waals surface area contributed by atoms with Crippen LogP contribution in [0.15, 0.2) is 47.8 Å². The summed E-state index contributed by atoms with van der Waals surface area (Å²) in [5.74, 6) is 0.825. The lowest BCUT2D eigenvalue weighted by molar-refractivity contribution is 0.102. The van der Waals surface area contributed by atoms with Crippen molar-refractivity contribution in [3.05, 3.63) is 59.0 Å². The highest BCUT2D eigenvalue weighted by molar-refractivity contribution is 7.14. The summed E-state index contributed by atoms with van der Waals surface area (Å²) >= 11 is 1.65. The van der Waals surface area contributed by atoms with E-state index in [2.05, 4.69) is 22.5 Å². The van der Waals surface area contributed by atoms with Gasteiger partial charge >= 0.3 is 0 Å². The number of carbonyl (C=O) groups is 1. The fraction of sp³-hybridized carbons (Fsp3) is 0.333. The van der Waals surface area contributed by atoms with Crippen molar-refractivity contribution in [1.29, 1.82) is 0 Å². The zero-order chi connectivity index (χ0) is 21.4. The molecule has 2 aliphatic heterocycles. The van der Waals surface area contributed by atoms with Crippen LogP contribution in [0.4, 0.5) is 10.8 Å². The van der Waals surface area contributed by atoms with Gasteiger partial charge in [0.2, 0.25) is 0 Å². The van der Waals surface area contributed by atoms with Gasteiger partial charge in [-0.05, 0) is 25.1 Å². The van der Waals surface area contributed by atoms with Crippen LogP contribution < -0.4 is 15.0 Å². The molecule has 1 saturated heterocycles. The minimum absolute atomic E-state index is 0.0729. The minimum Gasteiger partial charge on any atom is -0.489 e. The maximum absolute atomic E-state index is 12.9. The van der Waals surface area contributed by atoms with E-state index < -0.39 is 0 Å². The molecule has 2 aliphatic rings. The van der Waals surface area contributed by atoms with Gasteiger partial charge in [-0.15, -0.1) is 11.3 Å². The molecule has 0 aliphatic carbocycles. The Hall–Kier alpha value is -2.90. The van der Waals surface area contributed by atoms with E-state index in [1.807, 2.05) is 49.4 Å². The first kappa shape index (κ1) is 20.0. The molecule has 2 unspecified atom stereocenters. The second-order valence-electron chi connectivity index (χ2n) is 7.98. The lowest BCUT2D eigenvalue weighted by Gasteiger charge is -2.26. The van der Waals surface area contributed by atoms with Gasteiger partial charge in [0.25, 0.3) is 5.91 Å². The molecule has 0 bridgehead atoms. The van der Waals surface area contributed by atoms with Crippen molar-refractivity contribution in [1.82, 2.24) is 4.98 Å². The second-order valence-corrected chi connectivity index (χ2v) is 8.82. The molecule has 7 heteroatoms. The van der Waals surface area contributed by atoms with Crippen molar-refractivity contribution >= 4 is 28.1 Å². The molecule has 1 fully saturated rings. The Morgan fingerprint density at radius 1 is 1.13 bits per heavy atom. The number of aromatic nitrogens is 1. The average Bonchev–Trinajstić information content (AvgIpc) is 3.40. The molecule has 0 radical (unpaired) electrons. The van der Waals surface area contributed by atoms with Gasteiger partial charge in [0, 0.05) is 41.2 Å². The molecule has 5 rings (SSSR count). The van der Waals surface area contributed by atoms with Gasteiger partial charge in [-0.1, -0.05) is 31.2 Å². The van der Waals surface area contributed by atoms with Crippen LogP contribution in [0.5, 0.6) is 5.75 Å². The summed E-state index contributed by atoms with van der Waals surface area (Å²) in [5.41, 5.74) is 4.39. The summed E-state index contributed by atoms with van der Waals surface area (Å²) in [6, 6.07) is 13.6. The maximum Gasteiger partial charge on any atom is 0.259 e. The molecule has 3 aromatic rings. The lowest BCUT2D eigenvalue weighted by atomic mass is 9.97. The average molecular weight is 436 g/mol. The van der Waals surface area contributed by atoms with E-state index in [1.165, 1.54) is 0 Å². The number of para-hydroxylation sites is 1. The van der Waals surface area contributed by atoms with Crippen molar-refractivity contribution in [3.63, 3.8) is 0 Å². The third-order valence-electron chi connectivity index (χ3n) is 6.00. The number of thiazole rings is 1. The fourth-order valence-electron chi connectivity index (χ4n) is 3.98. The summed E-state index contributed by atoms with van der Waals surface area (Å²) in [4.78, 5) is 19.9. The second kappa shape index (κ2) is 8.32. The Balaban J connectivity index is 1.29. The quantitative estimate of drug-likeness (QED) is 0.639. The van der Waals surface area contributed by atoms with Gasteiger partial charge in [0.15, 0.2) is 5.13 Å². The third kappa shape index (κ3) is 3.91. The van der Waals surface area contributed by atoms with E-state index >= 15 is 0 Å². The minimum atomic E-state index is -0.158. The first-order valence-corrected chi connectivity index (χ1v) is 11.5. The number of nitrogens with one attached hydrogen (secondary N) is 1. The number of carbonyl (C=O) groups excluding carboxylic acids is 1. The summed E-state index contributed by atoms with van der Waals surface area (Å²) < 4.78 is 11.4. The number of amides is 1. The van der Waals surface area contributed by atoms with Crippen molar-refractivity contribution in [2.75, 3.05) is 36.5 Å². The Morgan fingerprint density at radius 3 is 2.68 bits per heavy atom. The van der Waals surface area contributed by atoms with Crippen LogP contribution in [0.2, 0.25) is 0 Å². The number of nitrogens with zero attached hydrogens (tertiary/aromatic N) is 2. The zero-order valence-corrected chi connectivity index (χ0v) is 18.4. The van der Waals surface area contributed by atoms with Crippen LogP contribution in [0.25, 0.3) is 11.3 Å². The van der Waals surface area contributed by atoms with E-state index in [0.29, 0.717) is 11.3 Å². The molecular weight excluding hydrogens is 410 g/mol. The smallest absolute Gasteiger partial charge is 0.259 e. The van der Waals surface area contributed by atoms with Gasteiger partial charge in [-0.2, -0.15) is 0 Å². The lowest BCUT2D eigenvalue weighted by Crippen LogP contribution is -2.36. The first-order valence-electron chi connectivity index (χ1n) is 10.6. The first-order chi connectivity index (χ1) is 15.1. The Morgan fingerprint density at radius 2 is 1.90 bits per heavy atom. The van der Waals surface area contributed by atoms with Crippen LogP contribution in [-0.2, 0) is 4.74 Å². The highest BCUT2D eigenvalue weighted by Crippen LogP contribution is 2.40. The van der Waals surface area contributed by atoms with E-state index in [-0.39, 0.29) is 17.9 Å². The normalized spacial score (nSPS) is 20.3. The standard InChI is InChI=1S/C24H25N3O3S/c1-15-16(2)30-22-19(15)4-3-5-20(22)23(28)25-18-8-6-17(7-9-18)21-14-31-24(26-21)27-10-12-29-13-11-27/h3-9,14-16H,10-13H2,1-2H3,(H,25,28). The number of benzene rings is 2. The number of ether oxygens (including phenoxy) is 2. The van der Waals surface area contributed by atoms with Crippen LogP contribution >= 0.6 is 11.3 Å². The molecule has 31 heavy (non-hydrogen) atoms. The SMILES string of the molecule is CC1Oc2c(C(=O)Nc3ccc(-c4csc(N5CCOCC5)n4)cc3)cccc2C1C. The predicted octanol–water partition coefficient (Wildman–Crippen LogP) is 4.78. The molecule has 160 valence electrons. The highest BCUT2D eigenvalue weighted by Gasteiger charge is 2.31. The van der Waals surface area contributed by atoms with Crippen molar-refractivity contribution in [2.24, 2.45) is 0 Å². The number of morpholine rings is 1. The van der Waals surface area contributed by atoms with Crippen LogP contribution in [0, 0.1) is 0 Å². The van der Waals surface area contributed by atoms with Gasteiger partial charge in [0.1, 0.15) is 11.9 Å². The highest BCUT2D eigenvalue weighted by atomic mass is 32.1. The number of anilines is 2. The van der Waals surface area contributed by atoms with E-state index in [1.54, 1.807) is 11.3 Å². The predicted molar refractivity (Wildman–Crippen MR) is 123 cm³/mol. The fourth-order valence-corrected chi connectivity index (χ4v) is 4.87. The molecule has 0 spiro atoms. The van der Waals surface area contributed by atoms with E-state index in [4.69, 9.17) is 14.5 Å². The maximum atomic E-state index is 12.9. The van der Waals surface area contributed by atoms with Crippen molar-refractivity contribution in [3.8, 4) is 17.0 Å². The van der Waals surface area contributed by atoms with Crippen molar-refractivity contribution < 1.29 is 14.3 Å². The van der Waals surface area contributed by atoms with Gasteiger partial charge in [-0.3, -0.25) is 4.79 Å². The van der Waals surface area contributed by atoms with Crippen LogP contribution in [-0.4, -0.2) is 43.3 Å². The zero-order valence-electron chi connectivity index (χ0n) is 17.6. The summed E-state index contributed by atoms with van der Waals surface area (Å²) in [7, 11) is 0. The van der Waals surface area contributed by atoms with Crippen LogP contribution in [0.3, 0.4) is 0 Å². The molecule has 2 aromatic carbocycles. The Bertz CT molecular complexity index is 1090. The molecule has 6 nitrogen and oxygen atoms in total. The molecular formula is C24H25N3O3S. The summed E-state index contributed by atoms with van der Waals surface area (Å²) in [5, 5.41) is 6.09. The van der Waals surface area contributed by atoms with Gasteiger partial charge < -0.3 is 19.7 Å². The van der Waals surface area contributed by atoms with Crippen LogP contribution in [0.1, 0.15) is 35.7 Å². The Kier molecular flexibility index (Phi) is 5.38. The Labute approximate surface area is 185 Å². The summed E-state index contributed by atoms with van der Waals surface area (Å²) in [6.45, 7) is 7.41. The molecule has 0 saturated carbocycles. The monoisotopic (exact) mass is 435 g/mol. The van der Waals surface area contributed by atoms with Gasteiger partial charge in [0.05, 0.1) is 24.5 Å². The van der Waals surface area contributed by atoms with Crippen molar-refractivity contribution in [2.45, 2.75) is 25.9 Å². The largest absolute Gasteiger partial charge is 0.489 e. The molecule has 1 amide bonds. The third-order valence-corrected chi connectivity index (χ3v) is 6.90. The number of hydrogen-bond acceptors (Lipinski definition) is 6. The topological polar surface area (TPSA) is 63.7 Å². The number of fused-ring (bicyclic) bond motifs is 1.